The zero-order valence-electron chi connectivity index (χ0n) is 8.17. The van der Waals surface area contributed by atoms with Crippen LogP contribution in [0.25, 0.3) is 0 Å². The fourth-order valence-corrected chi connectivity index (χ4v) is 2.20. The first kappa shape index (κ1) is 12.3. The van der Waals surface area contributed by atoms with E-state index in [4.69, 9.17) is 4.74 Å². The summed E-state index contributed by atoms with van der Waals surface area (Å²) in [6.45, 7) is 2.98. The summed E-state index contributed by atoms with van der Waals surface area (Å²) in [7, 11) is 0. The number of hydrogen-bond donors (Lipinski definition) is 0. The fourth-order valence-electron chi connectivity index (χ4n) is 1.04. The molecule has 0 spiro atoms. The highest BCUT2D eigenvalue weighted by Gasteiger charge is 2.04. The highest BCUT2D eigenvalue weighted by molar-refractivity contribution is 14.1. The highest BCUT2D eigenvalue weighted by Crippen LogP contribution is 2.16. The van der Waals surface area contributed by atoms with Gasteiger partial charge in [-0.1, -0.05) is 28.9 Å². The maximum absolute atomic E-state index is 5.70. The molecule has 0 bridgehead atoms. The van der Waals surface area contributed by atoms with Crippen LogP contribution in [0.5, 0.6) is 5.75 Å². The summed E-state index contributed by atoms with van der Waals surface area (Å²) < 4.78 is 6.91. The van der Waals surface area contributed by atoms with Gasteiger partial charge in [-0.05, 0) is 47.2 Å². The van der Waals surface area contributed by atoms with Crippen LogP contribution in [0.15, 0.2) is 24.3 Å². The van der Waals surface area contributed by atoms with E-state index in [9.17, 15) is 0 Å². The lowest BCUT2D eigenvalue weighted by atomic mass is 10.1. The molecule has 0 aliphatic heterocycles. The molecule has 1 unspecified atom stereocenters. The minimum atomic E-state index is 0.605. The van der Waals surface area contributed by atoms with Gasteiger partial charge in [0.05, 0.1) is 6.61 Å². The van der Waals surface area contributed by atoms with Crippen LogP contribution >= 0.6 is 38.5 Å². The molecule has 1 aromatic rings. The highest BCUT2D eigenvalue weighted by atomic mass is 127. The Morgan fingerprint density at radius 3 is 2.86 bits per heavy atom. The van der Waals surface area contributed by atoms with E-state index in [2.05, 4.69) is 57.6 Å². The van der Waals surface area contributed by atoms with Crippen LogP contribution in [-0.4, -0.2) is 11.9 Å². The monoisotopic (exact) mass is 368 g/mol. The molecule has 0 aliphatic carbocycles. The van der Waals surface area contributed by atoms with Crippen molar-refractivity contribution in [3.63, 3.8) is 0 Å². The van der Waals surface area contributed by atoms with Crippen molar-refractivity contribution in [2.75, 3.05) is 11.9 Å². The maximum Gasteiger partial charge on any atom is 0.120 e. The van der Waals surface area contributed by atoms with Crippen molar-refractivity contribution in [1.82, 2.24) is 0 Å². The van der Waals surface area contributed by atoms with Gasteiger partial charge in [-0.3, -0.25) is 0 Å². The Bertz CT molecular complexity index is 274. The Hall–Kier alpha value is 0.230. The summed E-state index contributed by atoms with van der Waals surface area (Å²) in [4.78, 5) is 0. The van der Waals surface area contributed by atoms with Crippen LogP contribution < -0.4 is 4.74 Å². The molecule has 1 aromatic carbocycles. The summed E-state index contributed by atoms with van der Waals surface area (Å²) in [5.74, 6) is 1.57. The van der Waals surface area contributed by atoms with E-state index < -0.39 is 0 Å². The summed E-state index contributed by atoms with van der Waals surface area (Å²) in [6.07, 6.45) is 1.15. The minimum absolute atomic E-state index is 0.605. The van der Waals surface area contributed by atoms with Gasteiger partial charge in [0.2, 0.25) is 0 Å². The number of hydrogen-bond acceptors (Lipinski definition) is 1. The van der Waals surface area contributed by atoms with Gasteiger partial charge in [0.25, 0.3) is 0 Å². The summed E-state index contributed by atoms with van der Waals surface area (Å²) in [5, 5.41) is 1.01. The van der Waals surface area contributed by atoms with Crippen molar-refractivity contribution < 1.29 is 4.74 Å². The van der Waals surface area contributed by atoms with Crippen LogP contribution in [-0.2, 0) is 0 Å². The lowest BCUT2D eigenvalue weighted by Crippen LogP contribution is -2.12. The average molecular weight is 369 g/mol. The molecule has 0 N–H and O–H groups in total. The first-order chi connectivity index (χ1) is 6.76. The first-order valence-corrected chi connectivity index (χ1v) is 6.90. The van der Waals surface area contributed by atoms with Crippen molar-refractivity contribution in [2.45, 2.75) is 13.3 Å². The molecule has 1 atom stereocenters. The van der Waals surface area contributed by atoms with Gasteiger partial charge in [-0.25, -0.2) is 0 Å². The zero-order valence-corrected chi connectivity index (χ0v) is 11.9. The second kappa shape index (κ2) is 6.67. The van der Waals surface area contributed by atoms with Crippen LogP contribution in [0, 0.1) is 9.49 Å². The van der Waals surface area contributed by atoms with Gasteiger partial charge in [0, 0.05) is 14.8 Å². The number of ether oxygens (including phenoxy) is 1. The van der Waals surface area contributed by atoms with Crippen LogP contribution in [0.3, 0.4) is 0 Å². The van der Waals surface area contributed by atoms with E-state index in [-0.39, 0.29) is 0 Å². The van der Waals surface area contributed by atoms with Crippen molar-refractivity contribution >= 4 is 38.5 Å². The number of halogens is 2. The van der Waals surface area contributed by atoms with E-state index in [1.54, 1.807) is 0 Å². The molecule has 0 aliphatic rings. The average Bonchev–Trinajstić information content (AvgIpc) is 2.19. The third-order valence-electron chi connectivity index (χ3n) is 2.08. The molecule has 0 saturated carbocycles. The molecule has 78 valence electrons. The molecule has 0 heterocycles. The number of alkyl halides is 1. The quantitative estimate of drug-likeness (QED) is 0.561. The standard InChI is InChI=1S/C11H14BrIO/c1-2-9(7-12)8-14-11-5-3-4-10(13)6-11/h3-6,9H,2,7-8H2,1H3. The third-order valence-corrected chi connectivity index (χ3v) is 3.66. The Morgan fingerprint density at radius 2 is 2.29 bits per heavy atom. The maximum atomic E-state index is 5.70. The summed E-state index contributed by atoms with van der Waals surface area (Å²) in [5.41, 5.74) is 0. The second-order valence-corrected chi connectivity index (χ2v) is 5.09. The minimum Gasteiger partial charge on any atom is -0.493 e. The Labute approximate surface area is 107 Å². The van der Waals surface area contributed by atoms with Crippen molar-refractivity contribution in [1.29, 1.82) is 0 Å². The molecule has 0 fully saturated rings. The van der Waals surface area contributed by atoms with Crippen LogP contribution in [0.1, 0.15) is 13.3 Å². The van der Waals surface area contributed by atoms with Gasteiger partial charge in [0.1, 0.15) is 5.75 Å². The lowest BCUT2D eigenvalue weighted by molar-refractivity contribution is 0.260. The molecule has 1 rings (SSSR count). The largest absolute Gasteiger partial charge is 0.493 e. The van der Waals surface area contributed by atoms with Gasteiger partial charge < -0.3 is 4.74 Å². The molecular formula is C11H14BrIO. The first-order valence-electron chi connectivity index (χ1n) is 4.70. The second-order valence-electron chi connectivity index (χ2n) is 3.20. The molecule has 0 aromatic heterocycles. The predicted octanol–water partition coefficient (Wildman–Crippen LogP) is 4.09. The normalized spacial score (nSPS) is 12.5. The Kier molecular flexibility index (Phi) is 5.86. The smallest absolute Gasteiger partial charge is 0.120 e. The topological polar surface area (TPSA) is 9.23 Å². The SMILES string of the molecule is CCC(CBr)COc1cccc(I)c1. The molecule has 0 saturated heterocycles. The van der Waals surface area contributed by atoms with E-state index >= 15 is 0 Å². The van der Waals surface area contributed by atoms with Gasteiger partial charge in [-0.2, -0.15) is 0 Å². The molecule has 1 nitrogen and oxygen atoms in total. The van der Waals surface area contributed by atoms with E-state index in [1.165, 1.54) is 3.57 Å². The molecule has 0 radical (unpaired) electrons. The van der Waals surface area contributed by atoms with Gasteiger partial charge >= 0.3 is 0 Å². The number of rotatable bonds is 5. The van der Waals surface area contributed by atoms with Crippen molar-refractivity contribution in [3.8, 4) is 5.75 Å². The molecule has 3 heteroatoms. The summed E-state index contributed by atoms with van der Waals surface area (Å²) in [6, 6.07) is 8.14. The lowest BCUT2D eigenvalue weighted by Gasteiger charge is -2.12. The van der Waals surface area contributed by atoms with Crippen molar-refractivity contribution in [3.05, 3.63) is 27.8 Å². The predicted molar refractivity (Wildman–Crippen MR) is 72.2 cm³/mol. The summed E-state index contributed by atoms with van der Waals surface area (Å²) >= 11 is 5.77. The molecule has 0 amide bonds. The van der Waals surface area contributed by atoms with E-state index in [0.29, 0.717) is 5.92 Å². The molecular weight excluding hydrogens is 355 g/mol. The number of benzene rings is 1. The zero-order chi connectivity index (χ0) is 10.4. The molecule has 14 heavy (non-hydrogen) atoms. The Balaban J connectivity index is 2.44. The van der Waals surface area contributed by atoms with E-state index in [0.717, 1.165) is 24.1 Å². The van der Waals surface area contributed by atoms with E-state index in [1.807, 2.05) is 12.1 Å². The Morgan fingerprint density at radius 1 is 1.50 bits per heavy atom. The van der Waals surface area contributed by atoms with Crippen LogP contribution in [0.4, 0.5) is 0 Å². The van der Waals surface area contributed by atoms with Gasteiger partial charge in [0.15, 0.2) is 0 Å². The van der Waals surface area contributed by atoms with Crippen LogP contribution in [0.2, 0.25) is 0 Å². The third kappa shape index (κ3) is 4.17. The van der Waals surface area contributed by atoms with Gasteiger partial charge in [-0.15, -0.1) is 0 Å². The fraction of sp³-hybridized carbons (Fsp3) is 0.455. The van der Waals surface area contributed by atoms with Crippen molar-refractivity contribution in [2.24, 2.45) is 5.92 Å².